The minimum Gasteiger partial charge on any atom is -0.467 e. The van der Waals surface area contributed by atoms with Crippen LogP contribution in [0.25, 0.3) is 0 Å². The first-order valence-corrected chi connectivity index (χ1v) is 7.76. The Hall–Kier alpha value is -1.15. The smallest absolute Gasteiger partial charge is 0.324 e. The molecule has 0 saturated carbocycles. The number of methoxy groups -OCH3 is 2. The maximum atomic E-state index is 5.09. The molecule has 7 nitrogen and oxygen atoms in total. The molecule has 0 amide bonds. The number of halogens is 1. The van der Waals surface area contributed by atoms with Gasteiger partial charge in [0.1, 0.15) is 0 Å². The van der Waals surface area contributed by atoms with Gasteiger partial charge in [-0.1, -0.05) is 15.9 Å². The van der Waals surface area contributed by atoms with Gasteiger partial charge in [-0.25, -0.2) is 0 Å². The number of ether oxygens (including phenoxy) is 2. The normalized spacial score (nSPS) is 16.9. The van der Waals surface area contributed by atoms with Crippen LogP contribution < -0.4 is 14.4 Å². The van der Waals surface area contributed by atoms with Gasteiger partial charge in [-0.3, -0.25) is 0 Å². The fraction of sp³-hybridized carbons (Fsp3) is 0.750. The van der Waals surface area contributed by atoms with E-state index in [-0.39, 0.29) is 12.0 Å². The summed E-state index contributed by atoms with van der Waals surface area (Å²) < 4.78 is 10.2. The van der Waals surface area contributed by atoms with Crippen LogP contribution in [0.3, 0.4) is 0 Å². The molecule has 0 aliphatic carbocycles. The van der Waals surface area contributed by atoms with Crippen LogP contribution in [-0.4, -0.2) is 72.1 Å². The molecule has 2 rings (SSSR count). The van der Waals surface area contributed by atoms with E-state index >= 15 is 0 Å². The third-order valence-corrected chi connectivity index (χ3v) is 3.57. The van der Waals surface area contributed by atoms with Crippen LogP contribution in [0.2, 0.25) is 0 Å². The molecular formula is C12H20BrN5O2. The molecule has 0 unspecified atom stereocenters. The van der Waals surface area contributed by atoms with Gasteiger partial charge in [0.15, 0.2) is 0 Å². The molecule has 0 spiro atoms. The van der Waals surface area contributed by atoms with Crippen molar-refractivity contribution in [1.82, 2.24) is 19.9 Å². The summed E-state index contributed by atoms with van der Waals surface area (Å²) in [5, 5.41) is 1.00. The molecule has 1 aliphatic heterocycles. The third-order valence-electron chi connectivity index (χ3n) is 3.22. The summed E-state index contributed by atoms with van der Waals surface area (Å²) in [5.74, 6) is 0.620. The summed E-state index contributed by atoms with van der Waals surface area (Å²) in [6.07, 6.45) is 1.09. The second kappa shape index (κ2) is 7.58. The van der Waals surface area contributed by atoms with Crippen molar-refractivity contribution in [2.45, 2.75) is 6.42 Å². The van der Waals surface area contributed by atoms with Crippen LogP contribution in [0.4, 0.5) is 5.95 Å². The molecule has 0 bridgehead atoms. The van der Waals surface area contributed by atoms with Crippen molar-refractivity contribution in [3.63, 3.8) is 0 Å². The maximum absolute atomic E-state index is 5.09. The number of hydrogen-bond acceptors (Lipinski definition) is 7. The molecule has 0 radical (unpaired) electrons. The van der Waals surface area contributed by atoms with Gasteiger partial charge in [0.05, 0.1) is 14.2 Å². The molecule has 0 N–H and O–H groups in total. The lowest BCUT2D eigenvalue weighted by Gasteiger charge is -2.21. The van der Waals surface area contributed by atoms with E-state index in [0.29, 0.717) is 5.95 Å². The Bertz CT molecular complexity index is 412. The summed E-state index contributed by atoms with van der Waals surface area (Å²) >= 11 is 3.49. The molecule has 2 heterocycles. The van der Waals surface area contributed by atoms with E-state index in [1.54, 1.807) is 14.2 Å². The van der Waals surface area contributed by atoms with Crippen molar-refractivity contribution >= 4 is 21.9 Å². The second-order valence-electron chi connectivity index (χ2n) is 4.48. The molecule has 8 heteroatoms. The molecule has 1 fully saturated rings. The molecule has 1 aliphatic rings. The van der Waals surface area contributed by atoms with Gasteiger partial charge in [0, 0.05) is 31.5 Å². The number of rotatable bonds is 5. The van der Waals surface area contributed by atoms with Crippen molar-refractivity contribution in [2.24, 2.45) is 0 Å². The number of alkyl halides is 1. The fourth-order valence-electron chi connectivity index (χ4n) is 2.17. The summed E-state index contributed by atoms with van der Waals surface area (Å²) in [6, 6.07) is 0.571. The van der Waals surface area contributed by atoms with Crippen LogP contribution in [0.15, 0.2) is 0 Å². The first-order chi connectivity index (χ1) is 9.76. The minimum atomic E-state index is 0.286. The Kier molecular flexibility index (Phi) is 5.78. The van der Waals surface area contributed by atoms with E-state index in [9.17, 15) is 0 Å². The van der Waals surface area contributed by atoms with Gasteiger partial charge >= 0.3 is 12.0 Å². The lowest BCUT2D eigenvalue weighted by Crippen LogP contribution is -2.32. The molecule has 0 aromatic carbocycles. The van der Waals surface area contributed by atoms with Crippen LogP contribution >= 0.6 is 15.9 Å². The molecule has 20 heavy (non-hydrogen) atoms. The van der Waals surface area contributed by atoms with E-state index in [0.717, 1.165) is 44.5 Å². The first kappa shape index (κ1) is 15.2. The zero-order chi connectivity index (χ0) is 14.4. The zero-order valence-corrected chi connectivity index (χ0v) is 13.5. The predicted molar refractivity (Wildman–Crippen MR) is 80.0 cm³/mol. The molecular weight excluding hydrogens is 326 g/mol. The number of hydrogen-bond donors (Lipinski definition) is 0. The number of aromatic nitrogens is 3. The van der Waals surface area contributed by atoms with E-state index in [1.165, 1.54) is 0 Å². The highest BCUT2D eigenvalue weighted by atomic mass is 79.9. The van der Waals surface area contributed by atoms with Gasteiger partial charge in [0.2, 0.25) is 5.95 Å². The van der Waals surface area contributed by atoms with Gasteiger partial charge in [-0.15, -0.1) is 4.98 Å². The highest BCUT2D eigenvalue weighted by Crippen LogP contribution is 2.17. The Morgan fingerprint density at radius 1 is 1.00 bits per heavy atom. The largest absolute Gasteiger partial charge is 0.467 e. The van der Waals surface area contributed by atoms with Gasteiger partial charge in [0.25, 0.3) is 0 Å². The highest BCUT2D eigenvalue weighted by molar-refractivity contribution is 9.09. The van der Waals surface area contributed by atoms with Crippen LogP contribution in [0, 0.1) is 0 Å². The standard InChI is InChI=1S/C12H20BrN5O2/c1-19-11-14-10(15-12(16-11)20-2)18-6-3-5-17(7-4-13)8-9-18/h3-9H2,1-2H3. The average Bonchev–Trinajstić information content (AvgIpc) is 2.73. The van der Waals surface area contributed by atoms with Crippen LogP contribution in [-0.2, 0) is 0 Å². The number of anilines is 1. The van der Waals surface area contributed by atoms with Crippen molar-refractivity contribution in [3.05, 3.63) is 0 Å². The summed E-state index contributed by atoms with van der Waals surface area (Å²) in [6.45, 7) is 4.99. The van der Waals surface area contributed by atoms with Crippen molar-refractivity contribution in [1.29, 1.82) is 0 Å². The van der Waals surface area contributed by atoms with Crippen molar-refractivity contribution < 1.29 is 9.47 Å². The van der Waals surface area contributed by atoms with Crippen LogP contribution in [0.5, 0.6) is 12.0 Å². The zero-order valence-electron chi connectivity index (χ0n) is 11.9. The molecule has 1 aromatic heterocycles. The van der Waals surface area contributed by atoms with E-state index in [4.69, 9.17) is 9.47 Å². The molecule has 112 valence electrons. The molecule has 0 atom stereocenters. The monoisotopic (exact) mass is 345 g/mol. The predicted octanol–water partition coefficient (Wildman–Crippen LogP) is 0.796. The van der Waals surface area contributed by atoms with Gasteiger partial charge in [-0.05, 0) is 13.0 Å². The molecule has 1 saturated heterocycles. The lowest BCUT2D eigenvalue weighted by atomic mass is 10.4. The Morgan fingerprint density at radius 3 is 2.30 bits per heavy atom. The SMILES string of the molecule is COc1nc(OC)nc(N2CCCN(CCBr)CC2)n1. The van der Waals surface area contributed by atoms with Crippen molar-refractivity contribution in [2.75, 3.05) is 57.2 Å². The summed E-state index contributed by atoms with van der Waals surface area (Å²) in [7, 11) is 3.08. The van der Waals surface area contributed by atoms with Crippen LogP contribution in [0.1, 0.15) is 6.42 Å². The summed E-state index contributed by atoms with van der Waals surface area (Å²) in [4.78, 5) is 17.2. The highest BCUT2D eigenvalue weighted by Gasteiger charge is 2.18. The Labute approximate surface area is 127 Å². The third kappa shape index (κ3) is 3.92. The lowest BCUT2D eigenvalue weighted by molar-refractivity contribution is 0.313. The van der Waals surface area contributed by atoms with Crippen molar-refractivity contribution in [3.8, 4) is 12.0 Å². The maximum Gasteiger partial charge on any atom is 0.324 e. The average molecular weight is 346 g/mol. The van der Waals surface area contributed by atoms with E-state index in [1.807, 2.05) is 0 Å². The fourth-order valence-corrected chi connectivity index (χ4v) is 2.67. The molecule has 1 aromatic rings. The van der Waals surface area contributed by atoms with E-state index < -0.39 is 0 Å². The second-order valence-corrected chi connectivity index (χ2v) is 5.27. The summed E-state index contributed by atoms with van der Waals surface area (Å²) in [5.41, 5.74) is 0. The number of nitrogens with zero attached hydrogens (tertiary/aromatic N) is 5. The Balaban J connectivity index is 2.10. The minimum absolute atomic E-state index is 0.286. The van der Waals surface area contributed by atoms with E-state index in [2.05, 4.69) is 40.7 Å². The van der Waals surface area contributed by atoms with Gasteiger partial charge < -0.3 is 19.3 Å². The first-order valence-electron chi connectivity index (χ1n) is 6.64. The topological polar surface area (TPSA) is 63.6 Å². The quantitative estimate of drug-likeness (QED) is 0.731. The Morgan fingerprint density at radius 2 is 1.70 bits per heavy atom. The van der Waals surface area contributed by atoms with Gasteiger partial charge in [-0.2, -0.15) is 9.97 Å².